The number of benzene rings is 2. The van der Waals surface area contributed by atoms with Gasteiger partial charge >= 0.3 is 5.97 Å². The maximum absolute atomic E-state index is 11.9. The monoisotopic (exact) mass is 312 g/mol. The van der Waals surface area contributed by atoms with Crippen LogP contribution >= 0.6 is 0 Å². The second-order valence-corrected chi connectivity index (χ2v) is 5.09. The molecular weight excluding hydrogens is 292 g/mol. The van der Waals surface area contributed by atoms with E-state index in [4.69, 9.17) is 4.74 Å². The Morgan fingerprint density at radius 2 is 1.78 bits per heavy atom. The number of carbonyl (C=O) groups excluding carboxylic acids is 2. The number of hydrogen-bond acceptors (Lipinski definition) is 4. The fourth-order valence-corrected chi connectivity index (χ4v) is 2.19. The molecular formula is C18H20N2O3. The Kier molecular flexibility index (Phi) is 5.74. The Balaban J connectivity index is 1.90. The van der Waals surface area contributed by atoms with Gasteiger partial charge in [-0.05, 0) is 30.2 Å². The Bertz CT molecular complexity index is 684. The highest BCUT2D eigenvalue weighted by Gasteiger charge is 2.12. The highest BCUT2D eigenvalue weighted by Crippen LogP contribution is 2.19. The summed E-state index contributed by atoms with van der Waals surface area (Å²) in [6.07, 6.45) is 0. The van der Waals surface area contributed by atoms with Gasteiger partial charge in [0.1, 0.15) is 0 Å². The van der Waals surface area contributed by atoms with Crippen molar-refractivity contribution in [3.05, 3.63) is 65.2 Å². The van der Waals surface area contributed by atoms with Gasteiger partial charge in [0, 0.05) is 12.2 Å². The maximum atomic E-state index is 11.9. The normalized spacial score (nSPS) is 10.0. The van der Waals surface area contributed by atoms with Crippen molar-refractivity contribution < 1.29 is 14.3 Å². The molecule has 0 aliphatic rings. The summed E-state index contributed by atoms with van der Waals surface area (Å²) in [7, 11) is 1.35. The molecule has 2 aromatic carbocycles. The number of anilines is 1. The van der Waals surface area contributed by atoms with E-state index in [0.29, 0.717) is 12.1 Å². The van der Waals surface area contributed by atoms with E-state index in [1.807, 2.05) is 43.3 Å². The SMILES string of the molecule is COC(=O)c1cccc(NCC(=O)NCc2ccccc2)c1C. The molecule has 0 heterocycles. The van der Waals surface area contributed by atoms with Crippen molar-refractivity contribution in [1.82, 2.24) is 5.32 Å². The number of carbonyl (C=O) groups is 2. The average molecular weight is 312 g/mol. The molecule has 0 saturated carbocycles. The lowest BCUT2D eigenvalue weighted by Gasteiger charge is -2.12. The highest BCUT2D eigenvalue weighted by atomic mass is 16.5. The quantitative estimate of drug-likeness (QED) is 0.804. The first-order valence-corrected chi connectivity index (χ1v) is 7.34. The first kappa shape index (κ1) is 16.5. The van der Waals surface area contributed by atoms with Gasteiger partial charge in [0.2, 0.25) is 5.91 Å². The number of nitrogens with one attached hydrogen (secondary N) is 2. The van der Waals surface area contributed by atoms with Crippen molar-refractivity contribution >= 4 is 17.6 Å². The van der Waals surface area contributed by atoms with Crippen LogP contribution in [0, 0.1) is 6.92 Å². The van der Waals surface area contributed by atoms with E-state index in [9.17, 15) is 9.59 Å². The molecule has 0 atom stereocenters. The van der Waals surface area contributed by atoms with Crippen LogP contribution < -0.4 is 10.6 Å². The van der Waals surface area contributed by atoms with Crippen molar-refractivity contribution in [2.45, 2.75) is 13.5 Å². The predicted octanol–water partition coefficient (Wildman–Crippen LogP) is 2.51. The van der Waals surface area contributed by atoms with Crippen molar-refractivity contribution in [1.29, 1.82) is 0 Å². The van der Waals surface area contributed by atoms with E-state index in [1.165, 1.54) is 7.11 Å². The molecule has 0 radical (unpaired) electrons. The lowest BCUT2D eigenvalue weighted by molar-refractivity contribution is -0.119. The van der Waals surface area contributed by atoms with Crippen molar-refractivity contribution in [3.63, 3.8) is 0 Å². The first-order valence-electron chi connectivity index (χ1n) is 7.34. The molecule has 0 aliphatic carbocycles. The van der Waals surface area contributed by atoms with Gasteiger partial charge in [0.25, 0.3) is 0 Å². The lowest BCUT2D eigenvalue weighted by Crippen LogP contribution is -2.29. The highest BCUT2D eigenvalue weighted by molar-refractivity contribution is 5.93. The van der Waals surface area contributed by atoms with Gasteiger partial charge < -0.3 is 15.4 Å². The molecule has 0 bridgehead atoms. The van der Waals surface area contributed by atoms with E-state index in [-0.39, 0.29) is 18.4 Å². The molecule has 0 saturated heterocycles. The van der Waals surface area contributed by atoms with Crippen LogP contribution in [-0.4, -0.2) is 25.5 Å². The van der Waals surface area contributed by atoms with E-state index in [0.717, 1.165) is 16.8 Å². The average Bonchev–Trinajstić information content (AvgIpc) is 2.59. The number of amides is 1. The van der Waals surface area contributed by atoms with Crippen LogP contribution in [0.15, 0.2) is 48.5 Å². The lowest BCUT2D eigenvalue weighted by atomic mass is 10.1. The largest absolute Gasteiger partial charge is 0.465 e. The summed E-state index contributed by atoms with van der Waals surface area (Å²) in [5.74, 6) is -0.503. The molecule has 0 unspecified atom stereocenters. The van der Waals surface area contributed by atoms with Gasteiger partial charge in [0.15, 0.2) is 0 Å². The van der Waals surface area contributed by atoms with Crippen LogP contribution in [0.5, 0.6) is 0 Å². The third-order valence-corrected chi connectivity index (χ3v) is 3.51. The van der Waals surface area contributed by atoms with Gasteiger partial charge in [-0.15, -0.1) is 0 Å². The van der Waals surface area contributed by atoms with Gasteiger partial charge in [-0.2, -0.15) is 0 Å². The Morgan fingerprint density at radius 3 is 2.48 bits per heavy atom. The molecule has 5 nitrogen and oxygen atoms in total. The van der Waals surface area contributed by atoms with E-state index >= 15 is 0 Å². The van der Waals surface area contributed by atoms with Gasteiger partial charge in [-0.3, -0.25) is 4.79 Å². The summed E-state index contributed by atoms with van der Waals surface area (Å²) in [5, 5.41) is 5.89. The van der Waals surface area contributed by atoms with Crippen LogP contribution in [0.25, 0.3) is 0 Å². The molecule has 2 N–H and O–H groups in total. The van der Waals surface area contributed by atoms with Gasteiger partial charge in [-0.1, -0.05) is 36.4 Å². The molecule has 2 aromatic rings. The minimum Gasteiger partial charge on any atom is -0.465 e. The number of esters is 1. The first-order chi connectivity index (χ1) is 11.1. The summed E-state index contributed by atoms with van der Waals surface area (Å²) in [6.45, 7) is 2.44. The van der Waals surface area contributed by atoms with E-state index < -0.39 is 0 Å². The van der Waals surface area contributed by atoms with E-state index in [2.05, 4.69) is 10.6 Å². The molecule has 1 amide bonds. The topological polar surface area (TPSA) is 67.4 Å². The van der Waals surface area contributed by atoms with Crippen LogP contribution in [0.1, 0.15) is 21.5 Å². The third kappa shape index (κ3) is 4.57. The zero-order chi connectivity index (χ0) is 16.7. The zero-order valence-corrected chi connectivity index (χ0v) is 13.3. The molecule has 0 aromatic heterocycles. The molecule has 0 aliphatic heterocycles. The van der Waals surface area contributed by atoms with E-state index in [1.54, 1.807) is 12.1 Å². The maximum Gasteiger partial charge on any atom is 0.338 e. The molecule has 23 heavy (non-hydrogen) atoms. The minimum absolute atomic E-state index is 0.114. The van der Waals surface area contributed by atoms with Crippen molar-refractivity contribution in [2.75, 3.05) is 19.0 Å². The Labute approximate surface area is 135 Å². The predicted molar refractivity (Wildman–Crippen MR) is 89.3 cm³/mol. The number of methoxy groups -OCH3 is 1. The fourth-order valence-electron chi connectivity index (χ4n) is 2.19. The zero-order valence-electron chi connectivity index (χ0n) is 13.3. The minimum atomic E-state index is -0.389. The van der Waals surface area contributed by atoms with Crippen molar-refractivity contribution in [3.8, 4) is 0 Å². The molecule has 0 fully saturated rings. The summed E-state index contributed by atoms with van der Waals surface area (Å²) >= 11 is 0. The molecule has 120 valence electrons. The Morgan fingerprint density at radius 1 is 1.04 bits per heavy atom. The fraction of sp³-hybridized carbons (Fsp3) is 0.222. The second kappa shape index (κ2) is 7.98. The van der Waals surface area contributed by atoms with Crippen LogP contribution in [0.2, 0.25) is 0 Å². The van der Waals surface area contributed by atoms with Crippen LogP contribution in [0.4, 0.5) is 5.69 Å². The Hall–Kier alpha value is -2.82. The number of hydrogen-bond donors (Lipinski definition) is 2. The second-order valence-electron chi connectivity index (χ2n) is 5.09. The van der Waals surface area contributed by atoms with Crippen LogP contribution in [0.3, 0.4) is 0 Å². The smallest absolute Gasteiger partial charge is 0.338 e. The summed E-state index contributed by atoms with van der Waals surface area (Å²) < 4.78 is 4.74. The van der Waals surface area contributed by atoms with Gasteiger partial charge in [-0.25, -0.2) is 4.79 Å². The summed E-state index contributed by atoms with van der Waals surface area (Å²) in [5.41, 5.74) is 3.03. The van der Waals surface area contributed by atoms with Crippen molar-refractivity contribution in [2.24, 2.45) is 0 Å². The van der Waals surface area contributed by atoms with Gasteiger partial charge in [0.05, 0.1) is 19.2 Å². The molecule has 0 spiro atoms. The molecule has 2 rings (SSSR count). The standard InChI is InChI=1S/C18H20N2O3/c1-13-15(18(22)23-2)9-6-10-16(13)19-12-17(21)20-11-14-7-4-3-5-8-14/h3-10,19H,11-12H2,1-2H3,(H,20,21). The van der Waals surface area contributed by atoms with Crippen LogP contribution in [-0.2, 0) is 16.1 Å². The third-order valence-electron chi connectivity index (χ3n) is 3.51. The number of ether oxygens (including phenoxy) is 1. The number of rotatable bonds is 6. The molecule has 5 heteroatoms. The summed E-state index contributed by atoms with van der Waals surface area (Å²) in [6, 6.07) is 15.0. The summed E-state index contributed by atoms with van der Waals surface area (Å²) in [4.78, 5) is 23.6.